The van der Waals surface area contributed by atoms with Crippen LogP contribution in [0.5, 0.6) is 5.75 Å². The number of benzene rings is 3. The van der Waals surface area contributed by atoms with E-state index in [1.165, 1.54) is 0 Å². The first-order valence-electron chi connectivity index (χ1n) is 12.5. The highest BCUT2D eigenvalue weighted by atomic mass is 16.5. The fraction of sp³-hybridized carbons (Fsp3) is 0.290. The molecule has 1 unspecified atom stereocenters. The number of ether oxygens (including phenoxy) is 1. The van der Waals surface area contributed by atoms with Crippen molar-refractivity contribution >= 4 is 23.1 Å². The molecule has 1 heterocycles. The van der Waals surface area contributed by atoms with Gasteiger partial charge in [-0.1, -0.05) is 73.0 Å². The molecule has 0 aliphatic carbocycles. The molecule has 0 saturated heterocycles. The first-order chi connectivity index (χ1) is 17.3. The lowest BCUT2D eigenvalue weighted by atomic mass is 9.78. The van der Waals surface area contributed by atoms with Gasteiger partial charge in [0.1, 0.15) is 11.3 Å². The van der Waals surface area contributed by atoms with E-state index in [2.05, 4.69) is 17.6 Å². The largest absolute Gasteiger partial charge is 0.494 e. The number of rotatable bonds is 8. The number of unbranched alkanes of at least 4 members (excludes halogenated alkanes) is 1. The van der Waals surface area contributed by atoms with Crippen LogP contribution in [0.15, 0.2) is 78.4 Å². The van der Waals surface area contributed by atoms with Crippen LogP contribution in [0.2, 0.25) is 0 Å². The minimum absolute atomic E-state index is 0.149. The molecular weight excluding hydrogens is 448 g/mol. The van der Waals surface area contributed by atoms with E-state index in [9.17, 15) is 9.59 Å². The van der Waals surface area contributed by atoms with Crippen LogP contribution in [0, 0.1) is 13.8 Å². The molecule has 3 aromatic carbocycles. The Hall–Kier alpha value is -3.86. The van der Waals surface area contributed by atoms with E-state index < -0.39 is 11.4 Å². The van der Waals surface area contributed by atoms with Gasteiger partial charge in [0.05, 0.1) is 12.1 Å². The van der Waals surface area contributed by atoms with E-state index in [0.29, 0.717) is 18.7 Å². The summed E-state index contributed by atoms with van der Waals surface area (Å²) in [5.41, 5.74) is 4.91. The number of aryl methyl sites for hydroxylation is 2. The Morgan fingerprint density at radius 1 is 0.944 bits per heavy atom. The highest BCUT2D eigenvalue weighted by Gasteiger charge is 2.39. The fourth-order valence-corrected chi connectivity index (χ4v) is 4.44. The van der Waals surface area contributed by atoms with E-state index in [4.69, 9.17) is 4.74 Å². The summed E-state index contributed by atoms with van der Waals surface area (Å²) in [4.78, 5) is 26.9. The van der Waals surface area contributed by atoms with Crippen molar-refractivity contribution in [2.75, 3.05) is 11.9 Å². The van der Waals surface area contributed by atoms with Crippen LogP contribution < -0.4 is 15.4 Å². The summed E-state index contributed by atoms with van der Waals surface area (Å²) in [5, 5.41) is 6.02. The van der Waals surface area contributed by atoms with Gasteiger partial charge in [-0.2, -0.15) is 0 Å². The summed E-state index contributed by atoms with van der Waals surface area (Å²) in [6, 6.07) is 23.4. The zero-order valence-corrected chi connectivity index (χ0v) is 21.5. The zero-order chi connectivity index (χ0) is 25.7. The van der Waals surface area contributed by atoms with Crippen molar-refractivity contribution < 1.29 is 14.3 Å². The summed E-state index contributed by atoms with van der Waals surface area (Å²) in [5.74, 6) is 0.0197. The van der Waals surface area contributed by atoms with Crippen LogP contribution in [0.1, 0.15) is 55.4 Å². The minimum atomic E-state index is -0.674. The molecule has 0 fully saturated rings. The average Bonchev–Trinajstić information content (AvgIpc) is 2.86. The minimum Gasteiger partial charge on any atom is -0.494 e. The van der Waals surface area contributed by atoms with E-state index in [1.54, 1.807) is 0 Å². The SMILES string of the molecule is CCCCOc1ccc(C2(C)CC(c3ccc(C)cc3)=C(C(=O)Nc3ccc(C)cc3)C(=O)N2)cc1. The van der Waals surface area contributed by atoms with Gasteiger partial charge in [-0.3, -0.25) is 9.59 Å². The summed E-state index contributed by atoms with van der Waals surface area (Å²) in [6.45, 7) is 8.83. The van der Waals surface area contributed by atoms with Gasteiger partial charge in [0.15, 0.2) is 0 Å². The molecule has 0 bridgehead atoms. The smallest absolute Gasteiger partial charge is 0.261 e. The van der Waals surface area contributed by atoms with Crippen LogP contribution >= 0.6 is 0 Å². The van der Waals surface area contributed by atoms with Gasteiger partial charge in [0.25, 0.3) is 11.8 Å². The Morgan fingerprint density at radius 2 is 1.56 bits per heavy atom. The molecule has 2 amide bonds. The summed E-state index contributed by atoms with van der Waals surface area (Å²) < 4.78 is 5.81. The van der Waals surface area contributed by atoms with E-state index >= 15 is 0 Å². The molecular formula is C31H34N2O3. The number of nitrogens with one attached hydrogen (secondary N) is 2. The number of amides is 2. The molecule has 4 rings (SSSR count). The predicted molar refractivity (Wildman–Crippen MR) is 145 cm³/mol. The van der Waals surface area contributed by atoms with E-state index in [-0.39, 0.29) is 11.5 Å². The highest BCUT2D eigenvalue weighted by molar-refractivity contribution is 6.28. The second-order valence-corrected chi connectivity index (χ2v) is 9.73. The van der Waals surface area contributed by atoms with Crippen LogP contribution in [-0.4, -0.2) is 18.4 Å². The van der Waals surface area contributed by atoms with Crippen LogP contribution in [0.25, 0.3) is 5.57 Å². The number of hydrogen-bond donors (Lipinski definition) is 2. The summed E-state index contributed by atoms with van der Waals surface area (Å²) >= 11 is 0. The lowest BCUT2D eigenvalue weighted by Crippen LogP contribution is -2.49. The molecule has 1 aliphatic rings. The van der Waals surface area contributed by atoms with Crippen molar-refractivity contribution in [3.8, 4) is 5.75 Å². The highest BCUT2D eigenvalue weighted by Crippen LogP contribution is 2.39. The third kappa shape index (κ3) is 5.68. The topological polar surface area (TPSA) is 67.4 Å². The fourth-order valence-electron chi connectivity index (χ4n) is 4.44. The van der Waals surface area contributed by atoms with Crippen molar-refractivity contribution in [2.45, 2.75) is 52.5 Å². The zero-order valence-electron chi connectivity index (χ0n) is 21.5. The maximum atomic E-state index is 13.5. The number of hydrogen-bond acceptors (Lipinski definition) is 3. The molecule has 0 aromatic heterocycles. The van der Waals surface area contributed by atoms with Gasteiger partial charge in [0, 0.05) is 12.1 Å². The number of carbonyl (C=O) groups is 2. The Labute approximate surface area is 213 Å². The lowest BCUT2D eigenvalue weighted by Gasteiger charge is -2.37. The monoisotopic (exact) mass is 482 g/mol. The maximum Gasteiger partial charge on any atom is 0.261 e. The third-order valence-corrected chi connectivity index (χ3v) is 6.64. The molecule has 5 heteroatoms. The van der Waals surface area contributed by atoms with Gasteiger partial charge < -0.3 is 15.4 Å². The molecule has 3 aromatic rings. The summed E-state index contributed by atoms with van der Waals surface area (Å²) in [6.07, 6.45) is 2.57. The van der Waals surface area contributed by atoms with Gasteiger partial charge >= 0.3 is 0 Å². The van der Waals surface area contributed by atoms with Crippen molar-refractivity contribution in [2.24, 2.45) is 0 Å². The second kappa shape index (κ2) is 10.8. The molecule has 2 N–H and O–H groups in total. The van der Waals surface area contributed by atoms with Crippen molar-refractivity contribution in [3.05, 3.63) is 101 Å². The predicted octanol–water partition coefficient (Wildman–Crippen LogP) is 6.31. The Kier molecular flexibility index (Phi) is 7.58. The Balaban J connectivity index is 1.68. The van der Waals surface area contributed by atoms with Crippen molar-refractivity contribution in [1.82, 2.24) is 5.32 Å². The first kappa shape index (κ1) is 25.2. The first-order valence-corrected chi connectivity index (χ1v) is 12.5. The molecule has 186 valence electrons. The van der Waals surface area contributed by atoms with Crippen LogP contribution in [0.3, 0.4) is 0 Å². The standard InChI is InChI=1S/C31H34N2O3/c1-5-6-19-36-26-17-13-24(14-18-26)31(4)20-27(23-11-7-21(2)8-12-23)28(30(35)33-31)29(34)32-25-15-9-22(3)10-16-25/h7-18H,5-6,19-20H2,1-4H3,(H,32,34)(H,33,35). The molecule has 0 radical (unpaired) electrons. The lowest BCUT2D eigenvalue weighted by molar-refractivity contribution is -0.123. The van der Waals surface area contributed by atoms with Gasteiger partial charge in [-0.15, -0.1) is 0 Å². The molecule has 1 aliphatic heterocycles. The molecule has 1 atom stereocenters. The molecule has 0 saturated carbocycles. The Morgan fingerprint density at radius 3 is 2.17 bits per heavy atom. The van der Waals surface area contributed by atoms with Crippen molar-refractivity contribution in [3.63, 3.8) is 0 Å². The average molecular weight is 483 g/mol. The van der Waals surface area contributed by atoms with Crippen molar-refractivity contribution in [1.29, 1.82) is 0 Å². The van der Waals surface area contributed by atoms with E-state index in [0.717, 1.165) is 46.4 Å². The normalized spacial score (nSPS) is 17.5. The van der Waals surface area contributed by atoms with Crippen LogP contribution in [-0.2, 0) is 15.1 Å². The second-order valence-electron chi connectivity index (χ2n) is 9.73. The number of carbonyl (C=O) groups excluding carboxylic acids is 2. The molecule has 0 spiro atoms. The summed E-state index contributed by atoms with van der Waals surface area (Å²) in [7, 11) is 0. The maximum absolute atomic E-state index is 13.5. The van der Waals surface area contributed by atoms with E-state index in [1.807, 2.05) is 93.6 Å². The van der Waals surface area contributed by atoms with Gasteiger partial charge in [-0.05, 0) is 68.2 Å². The number of anilines is 1. The Bertz CT molecular complexity index is 1260. The molecule has 36 heavy (non-hydrogen) atoms. The van der Waals surface area contributed by atoms with Crippen LogP contribution in [0.4, 0.5) is 5.69 Å². The molecule has 5 nitrogen and oxygen atoms in total. The van der Waals surface area contributed by atoms with Gasteiger partial charge in [-0.25, -0.2) is 0 Å². The third-order valence-electron chi connectivity index (χ3n) is 6.64. The quantitative estimate of drug-likeness (QED) is 0.292. The van der Waals surface area contributed by atoms with Gasteiger partial charge in [0.2, 0.25) is 0 Å².